The number of ether oxygens (including phenoxy) is 1. The quantitative estimate of drug-likeness (QED) is 0.577. The van der Waals surface area contributed by atoms with Crippen molar-refractivity contribution in [1.29, 1.82) is 0 Å². The van der Waals surface area contributed by atoms with Gasteiger partial charge in [0.25, 0.3) is 0 Å². The SMILES string of the molecule is Cc1oc(C)c(C(=O)OCc2cc(=O)oc3c(C)c(O)ccc23)c1C. The highest BCUT2D eigenvalue weighted by Crippen LogP contribution is 2.28. The molecule has 2 heterocycles. The van der Waals surface area contributed by atoms with Crippen molar-refractivity contribution in [3.63, 3.8) is 0 Å². The molecule has 0 radical (unpaired) electrons. The number of fused-ring (bicyclic) bond motifs is 1. The van der Waals surface area contributed by atoms with Crippen LogP contribution >= 0.6 is 0 Å². The van der Waals surface area contributed by atoms with Gasteiger partial charge in [-0.05, 0) is 39.8 Å². The smallest absolute Gasteiger partial charge is 0.342 e. The number of phenolic OH excluding ortho intramolecular Hbond substituents is 1. The highest BCUT2D eigenvalue weighted by molar-refractivity contribution is 5.92. The summed E-state index contributed by atoms with van der Waals surface area (Å²) in [5.74, 6) is 0.688. The fraction of sp³-hybridized carbons (Fsp3) is 0.263. The summed E-state index contributed by atoms with van der Waals surface area (Å²) < 4.78 is 16.0. The van der Waals surface area contributed by atoms with Crippen molar-refractivity contribution in [3.8, 4) is 5.75 Å². The molecule has 0 fully saturated rings. The Balaban J connectivity index is 1.95. The molecule has 1 aromatic carbocycles. The lowest BCUT2D eigenvalue weighted by atomic mass is 10.1. The lowest BCUT2D eigenvalue weighted by molar-refractivity contribution is 0.0471. The molecule has 6 heteroatoms. The minimum Gasteiger partial charge on any atom is -0.508 e. The topological polar surface area (TPSA) is 89.9 Å². The molecule has 0 aliphatic rings. The number of esters is 1. The molecule has 0 amide bonds. The third-order valence-electron chi connectivity index (χ3n) is 4.34. The first kappa shape index (κ1) is 16.8. The van der Waals surface area contributed by atoms with Gasteiger partial charge in [-0.3, -0.25) is 0 Å². The van der Waals surface area contributed by atoms with E-state index in [0.717, 1.165) is 5.56 Å². The van der Waals surface area contributed by atoms with Crippen LogP contribution in [0.4, 0.5) is 0 Å². The molecule has 25 heavy (non-hydrogen) atoms. The first-order chi connectivity index (χ1) is 11.8. The van der Waals surface area contributed by atoms with E-state index in [0.29, 0.717) is 33.6 Å². The standard InChI is InChI=1S/C19H18O6/c1-9-11(3)24-12(4)17(9)19(22)23-8-13-7-16(21)25-18-10(2)15(20)6-5-14(13)18/h5-7,20H,8H2,1-4H3. The summed E-state index contributed by atoms with van der Waals surface area (Å²) in [6, 6.07) is 4.42. The van der Waals surface area contributed by atoms with Gasteiger partial charge in [0.1, 0.15) is 35.0 Å². The number of aromatic hydroxyl groups is 1. The minimum absolute atomic E-state index is 0.0323. The number of benzene rings is 1. The maximum atomic E-state index is 12.4. The maximum Gasteiger partial charge on any atom is 0.342 e. The molecule has 0 aliphatic heterocycles. The van der Waals surface area contributed by atoms with Crippen molar-refractivity contribution >= 4 is 16.9 Å². The van der Waals surface area contributed by atoms with Gasteiger partial charge in [-0.25, -0.2) is 9.59 Å². The van der Waals surface area contributed by atoms with Crippen LogP contribution in [0.1, 0.15) is 38.6 Å². The van der Waals surface area contributed by atoms with Gasteiger partial charge in [0.15, 0.2) is 0 Å². The van der Waals surface area contributed by atoms with Crippen LogP contribution in [0.3, 0.4) is 0 Å². The molecule has 3 rings (SSSR count). The largest absolute Gasteiger partial charge is 0.508 e. The minimum atomic E-state index is -0.571. The van der Waals surface area contributed by atoms with Crippen LogP contribution < -0.4 is 5.63 Å². The number of furan rings is 1. The number of rotatable bonds is 3. The Labute approximate surface area is 143 Å². The molecular weight excluding hydrogens is 324 g/mol. The third kappa shape index (κ3) is 2.91. The number of aryl methyl sites for hydroxylation is 3. The molecule has 6 nitrogen and oxygen atoms in total. The summed E-state index contributed by atoms with van der Waals surface area (Å²) in [6.07, 6.45) is 0. The van der Waals surface area contributed by atoms with Crippen LogP contribution in [-0.2, 0) is 11.3 Å². The van der Waals surface area contributed by atoms with Crippen molar-refractivity contribution in [2.75, 3.05) is 0 Å². The van der Waals surface area contributed by atoms with Gasteiger partial charge in [0.05, 0.1) is 0 Å². The summed E-state index contributed by atoms with van der Waals surface area (Å²) in [6.45, 7) is 6.84. The molecule has 0 spiro atoms. The average Bonchev–Trinajstić information content (AvgIpc) is 2.81. The van der Waals surface area contributed by atoms with Crippen molar-refractivity contribution in [3.05, 3.63) is 62.4 Å². The molecule has 2 aromatic heterocycles. The number of carbonyl (C=O) groups is 1. The zero-order valence-corrected chi connectivity index (χ0v) is 14.4. The third-order valence-corrected chi connectivity index (χ3v) is 4.34. The van der Waals surface area contributed by atoms with Crippen LogP contribution in [0.25, 0.3) is 11.0 Å². The Morgan fingerprint density at radius 3 is 2.44 bits per heavy atom. The van der Waals surface area contributed by atoms with Gasteiger partial charge in [-0.2, -0.15) is 0 Å². The molecule has 0 saturated heterocycles. The monoisotopic (exact) mass is 342 g/mol. The van der Waals surface area contributed by atoms with Crippen LogP contribution in [0.2, 0.25) is 0 Å². The summed E-state index contributed by atoms with van der Waals surface area (Å²) in [4.78, 5) is 24.2. The van der Waals surface area contributed by atoms with E-state index in [1.54, 1.807) is 33.8 Å². The zero-order chi connectivity index (χ0) is 18.3. The van der Waals surface area contributed by atoms with Gasteiger partial charge in [-0.15, -0.1) is 0 Å². The lowest BCUT2D eigenvalue weighted by Crippen LogP contribution is -2.09. The number of phenols is 1. The number of hydrogen-bond acceptors (Lipinski definition) is 6. The van der Waals surface area contributed by atoms with E-state index < -0.39 is 11.6 Å². The van der Waals surface area contributed by atoms with E-state index >= 15 is 0 Å². The Bertz CT molecular complexity index is 1040. The van der Waals surface area contributed by atoms with Crippen molar-refractivity contribution in [1.82, 2.24) is 0 Å². The second-order valence-electron chi connectivity index (χ2n) is 5.97. The highest BCUT2D eigenvalue weighted by atomic mass is 16.5. The summed E-state index contributed by atoms with van der Waals surface area (Å²) in [5.41, 5.74) is 1.82. The van der Waals surface area contributed by atoms with E-state index in [9.17, 15) is 14.7 Å². The molecule has 0 saturated carbocycles. The molecule has 0 atom stereocenters. The van der Waals surface area contributed by atoms with E-state index in [1.165, 1.54) is 12.1 Å². The van der Waals surface area contributed by atoms with Gasteiger partial charge in [-0.1, -0.05) is 0 Å². The normalized spacial score (nSPS) is 11.0. The van der Waals surface area contributed by atoms with E-state index in [2.05, 4.69) is 0 Å². The van der Waals surface area contributed by atoms with Gasteiger partial charge < -0.3 is 18.7 Å². The number of carbonyl (C=O) groups excluding carboxylic acids is 1. The second kappa shape index (κ2) is 6.12. The van der Waals surface area contributed by atoms with Crippen molar-refractivity contribution < 1.29 is 23.5 Å². The van der Waals surface area contributed by atoms with Crippen LogP contribution in [0.5, 0.6) is 5.75 Å². The fourth-order valence-corrected chi connectivity index (χ4v) is 2.84. The molecule has 0 aliphatic carbocycles. The predicted molar refractivity (Wildman–Crippen MR) is 90.9 cm³/mol. The van der Waals surface area contributed by atoms with E-state index in [1.807, 2.05) is 0 Å². The lowest BCUT2D eigenvalue weighted by Gasteiger charge is -2.09. The summed E-state index contributed by atoms with van der Waals surface area (Å²) >= 11 is 0. The predicted octanol–water partition coefficient (Wildman–Crippen LogP) is 3.68. The molecule has 3 aromatic rings. The van der Waals surface area contributed by atoms with Gasteiger partial charge in [0.2, 0.25) is 0 Å². The van der Waals surface area contributed by atoms with Gasteiger partial charge in [0, 0.05) is 28.1 Å². The average molecular weight is 342 g/mol. The van der Waals surface area contributed by atoms with E-state index in [4.69, 9.17) is 13.6 Å². The second-order valence-corrected chi connectivity index (χ2v) is 5.97. The molecule has 1 N–H and O–H groups in total. The first-order valence-electron chi connectivity index (χ1n) is 7.78. The molecule has 0 unspecified atom stereocenters. The Morgan fingerprint density at radius 2 is 1.80 bits per heavy atom. The molecule has 0 bridgehead atoms. The van der Waals surface area contributed by atoms with Gasteiger partial charge >= 0.3 is 11.6 Å². The van der Waals surface area contributed by atoms with Crippen molar-refractivity contribution in [2.45, 2.75) is 34.3 Å². The zero-order valence-electron chi connectivity index (χ0n) is 14.4. The number of hydrogen-bond donors (Lipinski definition) is 1. The van der Waals surface area contributed by atoms with Crippen LogP contribution in [-0.4, -0.2) is 11.1 Å². The maximum absolute atomic E-state index is 12.4. The van der Waals surface area contributed by atoms with Crippen LogP contribution in [0, 0.1) is 27.7 Å². The fourth-order valence-electron chi connectivity index (χ4n) is 2.84. The molecule has 130 valence electrons. The highest BCUT2D eigenvalue weighted by Gasteiger charge is 2.20. The summed E-state index contributed by atoms with van der Waals surface area (Å²) in [7, 11) is 0. The molecular formula is C19H18O6. The van der Waals surface area contributed by atoms with E-state index in [-0.39, 0.29) is 17.9 Å². The summed E-state index contributed by atoms with van der Waals surface area (Å²) in [5, 5.41) is 10.4. The first-order valence-corrected chi connectivity index (χ1v) is 7.78. The van der Waals surface area contributed by atoms with Crippen molar-refractivity contribution in [2.24, 2.45) is 0 Å². The Kier molecular flexibility index (Phi) is 4.12. The van der Waals surface area contributed by atoms with Crippen LogP contribution in [0.15, 0.2) is 31.8 Å². The Hall–Kier alpha value is -3.02. The Morgan fingerprint density at radius 1 is 1.08 bits per heavy atom.